The summed E-state index contributed by atoms with van der Waals surface area (Å²) in [7, 11) is 1.82. The lowest BCUT2D eigenvalue weighted by Gasteiger charge is -2.21. The third-order valence-corrected chi connectivity index (χ3v) is 4.55. The Hall–Kier alpha value is -2.37. The van der Waals surface area contributed by atoms with Gasteiger partial charge in [0.25, 0.3) is 0 Å². The lowest BCUT2D eigenvalue weighted by molar-refractivity contribution is -0.120. The molecule has 2 aromatic rings. The van der Waals surface area contributed by atoms with Crippen molar-refractivity contribution in [2.75, 3.05) is 18.6 Å². The molecule has 1 amide bonds. The number of rotatable bonds is 5. The van der Waals surface area contributed by atoms with Crippen LogP contribution >= 0.6 is 0 Å². The molecule has 5 heteroatoms. The number of aryl methyl sites for hydroxylation is 1. The topological polar surface area (TPSA) is 53.6 Å². The quantitative estimate of drug-likeness (QED) is 0.879. The van der Waals surface area contributed by atoms with Crippen molar-refractivity contribution in [2.24, 2.45) is 0 Å². The van der Waals surface area contributed by atoms with Crippen LogP contribution in [-0.2, 0) is 4.79 Å². The number of nitrogens with zero attached hydrogens (tertiary/aromatic N) is 1. The molecule has 3 rings (SSSR count). The van der Waals surface area contributed by atoms with E-state index in [2.05, 4.69) is 10.9 Å². The number of ether oxygens (including phenoxy) is 1. The van der Waals surface area contributed by atoms with E-state index in [4.69, 9.17) is 4.74 Å². The first kappa shape index (κ1) is 17.5. The smallest absolute Gasteiger partial charge is 0.245 e. The molecule has 0 radical (unpaired) electrons. The van der Waals surface area contributed by atoms with E-state index in [1.54, 1.807) is 4.90 Å². The molecule has 1 heterocycles. The number of hydrazine groups is 1. The van der Waals surface area contributed by atoms with Crippen LogP contribution in [0.1, 0.15) is 30.5 Å². The standard InChI is InChI=1S/C20H25N3O2/c1-4-25-17-11-7-15(8-12-17)18-13-19(22-21-18)20(24)23(3)16-9-5-14(2)6-10-16/h5-12,18-19,21-22H,4,13H2,1-3H3. The highest BCUT2D eigenvalue weighted by Crippen LogP contribution is 2.26. The summed E-state index contributed by atoms with van der Waals surface area (Å²) in [4.78, 5) is 14.5. The van der Waals surface area contributed by atoms with Crippen molar-refractivity contribution in [1.82, 2.24) is 10.9 Å². The molecule has 1 aliphatic rings. The summed E-state index contributed by atoms with van der Waals surface area (Å²) in [6, 6.07) is 15.9. The van der Waals surface area contributed by atoms with Crippen molar-refractivity contribution in [2.45, 2.75) is 32.4 Å². The second-order valence-electron chi connectivity index (χ2n) is 6.36. The lowest BCUT2D eigenvalue weighted by Crippen LogP contribution is -2.44. The van der Waals surface area contributed by atoms with Crippen LogP contribution in [0.15, 0.2) is 48.5 Å². The Morgan fingerprint density at radius 2 is 1.80 bits per heavy atom. The number of nitrogens with one attached hydrogen (secondary N) is 2. The molecule has 0 spiro atoms. The minimum absolute atomic E-state index is 0.0600. The van der Waals surface area contributed by atoms with Gasteiger partial charge in [-0.15, -0.1) is 0 Å². The van der Waals surface area contributed by atoms with Crippen LogP contribution in [0, 0.1) is 6.92 Å². The molecule has 2 atom stereocenters. The molecular formula is C20H25N3O2. The summed E-state index contributed by atoms with van der Waals surface area (Å²) in [5, 5.41) is 0. The largest absolute Gasteiger partial charge is 0.494 e. The fourth-order valence-electron chi connectivity index (χ4n) is 3.03. The molecule has 0 bridgehead atoms. The average Bonchev–Trinajstić information content (AvgIpc) is 3.12. The summed E-state index contributed by atoms with van der Waals surface area (Å²) in [5.41, 5.74) is 9.60. The fourth-order valence-corrected chi connectivity index (χ4v) is 3.03. The van der Waals surface area contributed by atoms with E-state index >= 15 is 0 Å². The first-order valence-corrected chi connectivity index (χ1v) is 8.66. The highest BCUT2D eigenvalue weighted by atomic mass is 16.5. The van der Waals surface area contributed by atoms with Gasteiger partial charge in [-0.25, -0.2) is 10.9 Å². The third kappa shape index (κ3) is 4.00. The molecule has 1 saturated heterocycles. The van der Waals surface area contributed by atoms with E-state index in [1.807, 2.05) is 69.4 Å². The van der Waals surface area contributed by atoms with Gasteiger partial charge in [-0.2, -0.15) is 0 Å². The zero-order chi connectivity index (χ0) is 17.8. The van der Waals surface area contributed by atoms with Gasteiger partial charge in [0.15, 0.2) is 0 Å². The summed E-state index contributed by atoms with van der Waals surface area (Å²) in [5.74, 6) is 0.925. The van der Waals surface area contributed by atoms with E-state index in [-0.39, 0.29) is 18.0 Å². The van der Waals surface area contributed by atoms with E-state index in [0.29, 0.717) is 13.0 Å². The number of hydrogen-bond donors (Lipinski definition) is 2. The Labute approximate surface area is 149 Å². The first-order chi connectivity index (χ1) is 12.1. The summed E-state index contributed by atoms with van der Waals surface area (Å²) >= 11 is 0. The number of benzene rings is 2. The second kappa shape index (κ2) is 7.68. The Morgan fingerprint density at radius 3 is 2.44 bits per heavy atom. The van der Waals surface area contributed by atoms with Gasteiger partial charge in [-0.3, -0.25) is 4.79 Å². The molecule has 1 fully saturated rings. The predicted octanol–water partition coefficient (Wildman–Crippen LogP) is 2.96. The van der Waals surface area contributed by atoms with Crippen molar-refractivity contribution in [3.05, 3.63) is 59.7 Å². The number of anilines is 1. The molecule has 0 aliphatic carbocycles. The van der Waals surface area contributed by atoms with E-state index < -0.39 is 0 Å². The Morgan fingerprint density at radius 1 is 1.12 bits per heavy atom. The van der Waals surface area contributed by atoms with Gasteiger partial charge >= 0.3 is 0 Å². The van der Waals surface area contributed by atoms with Gasteiger partial charge in [0.1, 0.15) is 11.8 Å². The van der Waals surface area contributed by atoms with Gasteiger partial charge in [0.2, 0.25) is 5.91 Å². The highest BCUT2D eigenvalue weighted by Gasteiger charge is 2.32. The van der Waals surface area contributed by atoms with Gasteiger partial charge in [-0.1, -0.05) is 29.8 Å². The third-order valence-electron chi connectivity index (χ3n) is 4.55. The Kier molecular flexibility index (Phi) is 5.36. The van der Waals surface area contributed by atoms with Crippen molar-refractivity contribution in [1.29, 1.82) is 0 Å². The van der Waals surface area contributed by atoms with Crippen LogP contribution in [0.5, 0.6) is 5.75 Å². The van der Waals surface area contributed by atoms with Crippen LogP contribution in [0.4, 0.5) is 5.69 Å². The number of carbonyl (C=O) groups excluding carboxylic acids is 1. The molecule has 132 valence electrons. The monoisotopic (exact) mass is 339 g/mol. The normalized spacial score (nSPS) is 19.6. The number of likely N-dealkylation sites (N-methyl/N-ethyl adjacent to an activating group) is 1. The number of amides is 1. The molecule has 2 aromatic carbocycles. The average molecular weight is 339 g/mol. The number of carbonyl (C=O) groups is 1. The minimum Gasteiger partial charge on any atom is -0.494 e. The van der Waals surface area contributed by atoms with Crippen molar-refractivity contribution < 1.29 is 9.53 Å². The second-order valence-corrected chi connectivity index (χ2v) is 6.36. The van der Waals surface area contributed by atoms with E-state index in [1.165, 1.54) is 5.56 Å². The molecule has 5 nitrogen and oxygen atoms in total. The Bertz CT molecular complexity index is 713. The van der Waals surface area contributed by atoms with Crippen LogP contribution < -0.4 is 20.5 Å². The summed E-state index contributed by atoms with van der Waals surface area (Å²) < 4.78 is 5.47. The molecular weight excluding hydrogens is 314 g/mol. The molecule has 1 aliphatic heterocycles. The maximum Gasteiger partial charge on any atom is 0.245 e. The van der Waals surface area contributed by atoms with Gasteiger partial charge in [0, 0.05) is 18.8 Å². The molecule has 2 unspecified atom stereocenters. The maximum absolute atomic E-state index is 12.8. The minimum atomic E-state index is -0.247. The fraction of sp³-hybridized carbons (Fsp3) is 0.350. The summed E-state index contributed by atoms with van der Waals surface area (Å²) in [6.45, 7) is 4.66. The van der Waals surface area contributed by atoms with Crippen molar-refractivity contribution in [3.8, 4) is 5.75 Å². The molecule has 0 aromatic heterocycles. The highest BCUT2D eigenvalue weighted by molar-refractivity contribution is 5.96. The zero-order valence-corrected chi connectivity index (χ0v) is 15.0. The van der Waals surface area contributed by atoms with Crippen molar-refractivity contribution in [3.63, 3.8) is 0 Å². The number of hydrogen-bond acceptors (Lipinski definition) is 4. The Balaban J connectivity index is 1.63. The van der Waals surface area contributed by atoms with Crippen LogP contribution in [0.25, 0.3) is 0 Å². The maximum atomic E-state index is 12.8. The van der Waals surface area contributed by atoms with E-state index in [9.17, 15) is 4.79 Å². The molecule has 0 saturated carbocycles. The van der Waals surface area contributed by atoms with Gasteiger partial charge < -0.3 is 9.64 Å². The van der Waals surface area contributed by atoms with E-state index in [0.717, 1.165) is 17.0 Å². The lowest BCUT2D eigenvalue weighted by atomic mass is 10.0. The van der Waals surface area contributed by atoms with Gasteiger partial charge in [-0.05, 0) is 50.1 Å². The summed E-state index contributed by atoms with van der Waals surface area (Å²) in [6.07, 6.45) is 0.711. The zero-order valence-electron chi connectivity index (χ0n) is 15.0. The van der Waals surface area contributed by atoms with Gasteiger partial charge in [0.05, 0.1) is 6.61 Å². The van der Waals surface area contributed by atoms with Crippen molar-refractivity contribution >= 4 is 11.6 Å². The van der Waals surface area contributed by atoms with Crippen LogP contribution in [0.2, 0.25) is 0 Å². The SMILES string of the molecule is CCOc1ccc(C2CC(C(=O)N(C)c3ccc(C)cc3)NN2)cc1. The van der Waals surface area contributed by atoms with Crippen LogP contribution in [0.3, 0.4) is 0 Å². The molecule has 2 N–H and O–H groups in total. The predicted molar refractivity (Wildman–Crippen MR) is 99.6 cm³/mol. The van der Waals surface area contributed by atoms with Crippen LogP contribution in [-0.4, -0.2) is 25.6 Å². The first-order valence-electron chi connectivity index (χ1n) is 8.66. The molecule has 25 heavy (non-hydrogen) atoms.